The quantitative estimate of drug-likeness (QED) is 0.876. The van der Waals surface area contributed by atoms with Crippen LogP contribution in [-0.2, 0) is 6.42 Å². The maximum Gasteiger partial charge on any atom is 0.0368 e. The summed E-state index contributed by atoms with van der Waals surface area (Å²) in [6.07, 6.45) is 4.69. The van der Waals surface area contributed by atoms with Crippen molar-refractivity contribution in [1.82, 2.24) is 0 Å². The number of rotatable bonds is 5. The average Bonchev–Trinajstić information content (AvgIpc) is 2.89. The zero-order valence-electron chi connectivity index (χ0n) is 12.6. The molecule has 1 aromatic carbocycles. The van der Waals surface area contributed by atoms with Crippen LogP contribution >= 0.6 is 0 Å². The molecule has 0 amide bonds. The van der Waals surface area contributed by atoms with E-state index in [0.29, 0.717) is 12.1 Å². The lowest BCUT2D eigenvalue weighted by molar-refractivity contribution is 0.492. The molecule has 1 aliphatic heterocycles. The molecule has 1 saturated heterocycles. The van der Waals surface area contributed by atoms with Crippen LogP contribution in [0, 0.1) is 5.92 Å². The van der Waals surface area contributed by atoms with E-state index in [4.69, 9.17) is 5.73 Å². The zero-order valence-corrected chi connectivity index (χ0v) is 12.6. The molecular weight excluding hydrogens is 232 g/mol. The lowest BCUT2D eigenvalue weighted by atomic mass is 10.0. The van der Waals surface area contributed by atoms with Gasteiger partial charge in [-0.2, -0.15) is 0 Å². The lowest BCUT2D eigenvalue weighted by Crippen LogP contribution is -2.33. The predicted molar refractivity (Wildman–Crippen MR) is 83.6 cm³/mol. The molecule has 1 heterocycles. The molecule has 1 fully saturated rings. The molecule has 0 bridgehead atoms. The van der Waals surface area contributed by atoms with Crippen LogP contribution in [0.15, 0.2) is 24.3 Å². The standard InChI is InChI=1S/C17H28N2/c1-4-15(18)12-14-7-9-16(10-8-14)19-11-5-6-17(19)13(2)3/h7-10,13,15,17H,4-6,11-12,18H2,1-3H3. The van der Waals surface area contributed by atoms with Crippen LogP contribution in [0.4, 0.5) is 5.69 Å². The number of hydrogen-bond donors (Lipinski definition) is 1. The molecule has 1 aliphatic rings. The molecule has 1 aromatic rings. The average molecular weight is 260 g/mol. The van der Waals surface area contributed by atoms with E-state index in [2.05, 4.69) is 49.9 Å². The van der Waals surface area contributed by atoms with Gasteiger partial charge in [0.25, 0.3) is 0 Å². The Kier molecular flexibility index (Phi) is 4.87. The van der Waals surface area contributed by atoms with Gasteiger partial charge in [0, 0.05) is 24.3 Å². The van der Waals surface area contributed by atoms with Gasteiger partial charge in [-0.1, -0.05) is 32.9 Å². The Labute approximate surface area is 118 Å². The third kappa shape index (κ3) is 3.50. The highest BCUT2D eigenvalue weighted by atomic mass is 15.2. The molecule has 2 nitrogen and oxygen atoms in total. The summed E-state index contributed by atoms with van der Waals surface area (Å²) in [5.41, 5.74) is 8.76. The van der Waals surface area contributed by atoms with Gasteiger partial charge < -0.3 is 10.6 Å². The first-order valence-electron chi connectivity index (χ1n) is 7.73. The third-order valence-electron chi connectivity index (χ3n) is 4.36. The zero-order chi connectivity index (χ0) is 13.8. The first kappa shape index (κ1) is 14.4. The molecule has 106 valence electrons. The molecule has 2 heteroatoms. The summed E-state index contributed by atoms with van der Waals surface area (Å²) in [6, 6.07) is 10.1. The Morgan fingerprint density at radius 1 is 1.26 bits per heavy atom. The Morgan fingerprint density at radius 2 is 1.95 bits per heavy atom. The summed E-state index contributed by atoms with van der Waals surface area (Å²) in [4.78, 5) is 2.58. The summed E-state index contributed by atoms with van der Waals surface area (Å²) in [5.74, 6) is 0.732. The van der Waals surface area contributed by atoms with E-state index < -0.39 is 0 Å². The number of hydrogen-bond acceptors (Lipinski definition) is 2. The van der Waals surface area contributed by atoms with E-state index in [9.17, 15) is 0 Å². The summed E-state index contributed by atoms with van der Waals surface area (Å²) in [5, 5.41) is 0. The molecule has 2 unspecified atom stereocenters. The highest BCUT2D eigenvalue weighted by Crippen LogP contribution is 2.29. The van der Waals surface area contributed by atoms with Crippen LogP contribution in [0.1, 0.15) is 45.6 Å². The van der Waals surface area contributed by atoms with Crippen molar-refractivity contribution in [3.8, 4) is 0 Å². The van der Waals surface area contributed by atoms with Gasteiger partial charge in [-0.15, -0.1) is 0 Å². The fraction of sp³-hybridized carbons (Fsp3) is 0.647. The Morgan fingerprint density at radius 3 is 2.53 bits per heavy atom. The van der Waals surface area contributed by atoms with Crippen molar-refractivity contribution in [2.75, 3.05) is 11.4 Å². The molecule has 0 saturated carbocycles. The summed E-state index contributed by atoms with van der Waals surface area (Å²) in [6.45, 7) is 8.02. The minimum atomic E-state index is 0.293. The third-order valence-corrected chi connectivity index (χ3v) is 4.36. The van der Waals surface area contributed by atoms with Gasteiger partial charge >= 0.3 is 0 Å². The lowest BCUT2D eigenvalue weighted by Gasteiger charge is -2.30. The van der Waals surface area contributed by atoms with Crippen LogP contribution in [0.5, 0.6) is 0 Å². The molecule has 0 aromatic heterocycles. The number of anilines is 1. The van der Waals surface area contributed by atoms with E-state index in [1.165, 1.54) is 30.6 Å². The van der Waals surface area contributed by atoms with Crippen LogP contribution in [0.3, 0.4) is 0 Å². The second-order valence-corrected chi connectivity index (χ2v) is 6.19. The Balaban J connectivity index is 2.05. The largest absolute Gasteiger partial charge is 0.368 e. The minimum absolute atomic E-state index is 0.293. The van der Waals surface area contributed by atoms with E-state index in [1.807, 2.05) is 0 Å². The SMILES string of the molecule is CCC(N)Cc1ccc(N2CCCC2C(C)C)cc1. The molecule has 2 rings (SSSR count). The highest BCUT2D eigenvalue weighted by Gasteiger charge is 2.26. The van der Waals surface area contributed by atoms with Crippen molar-refractivity contribution in [3.05, 3.63) is 29.8 Å². The van der Waals surface area contributed by atoms with Crippen LogP contribution in [-0.4, -0.2) is 18.6 Å². The monoisotopic (exact) mass is 260 g/mol. The predicted octanol–water partition coefficient (Wildman–Crippen LogP) is 3.59. The number of nitrogens with zero attached hydrogens (tertiary/aromatic N) is 1. The van der Waals surface area contributed by atoms with E-state index in [-0.39, 0.29) is 0 Å². The summed E-state index contributed by atoms with van der Waals surface area (Å²) >= 11 is 0. The fourth-order valence-electron chi connectivity index (χ4n) is 3.08. The maximum atomic E-state index is 6.02. The van der Waals surface area contributed by atoms with Crippen molar-refractivity contribution in [1.29, 1.82) is 0 Å². The fourth-order valence-corrected chi connectivity index (χ4v) is 3.08. The Hall–Kier alpha value is -1.02. The normalized spacial score (nSPS) is 21.1. The first-order chi connectivity index (χ1) is 9.11. The molecule has 0 spiro atoms. The first-order valence-corrected chi connectivity index (χ1v) is 7.73. The van der Waals surface area contributed by atoms with Crippen LogP contribution in [0.25, 0.3) is 0 Å². The second kappa shape index (κ2) is 6.42. The molecule has 2 atom stereocenters. The van der Waals surface area contributed by atoms with Gasteiger partial charge in [-0.3, -0.25) is 0 Å². The van der Waals surface area contributed by atoms with Gasteiger partial charge in [0.2, 0.25) is 0 Å². The van der Waals surface area contributed by atoms with Crippen molar-refractivity contribution >= 4 is 5.69 Å². The summed E-state index contributed by atoms with van der Waals surface area (Å²) in [7, 11) is 0. The van der Waals surface area contributed by atoms with Crippen molar-refractivity contribution < 1.29 is 0 Å². The molecule has 0 aliphatic carbocycles. The molecule has 0 radical (unpaired) electrons. The van der Waals surface area contributed by atoms with Crippen molar-refractivity contribution in [3.63, 3.8) is 0 Å². The van der Waals surface area contributed by atoms with Gasteiger partial charge in [-0.25, -0.2) is 0 Å². The minimum Gasteiger partial charge on any atom is -0.368 e. The molecule has 2 N–H and O–H groups in total. The second-order valence-electron chi connectivity index (χ2n) is 6.19. The summed E-state index contributed by atoms with van der Waals surface area (Å²) < 4.78 is 0. The van der Waals surface area contributed by atoms with Gasteiger partial charge in [0.1, 0.15) is 0 Å². The van der Waals surface area contributed by atoms with Crippen LogP contribution < -0.4 is 10.6 Å². The van der Waals surface area contributed by atoms with Crippen molar-refractivity contribution in [2.24, 2.45) is 11.7 Å². The van der Waals surface area contributed by atoms with Gasteiger partial charge in [0.15, 0.2) is 0 Å². The molecule has 19 heavy (non-hydrogen) atoms. The van der Waals surface area contributed by atoms with E-state index >= 15 is 0 Å². The van der Waals surface area contributed by atoms with E-state index in [1.54, 1.807) is 0 Å². The van der Waals surface area contributed by atoms with Crippen LogP contribution in [0.2, 0.25) is 0 Å². The maximum absolute atomic E-state index is 6.02. The van der Waals surface area contributed by atoms with Crippen molar-refractivity contribution in [2.45, 2.75) is 58.5 Å². The van der Waals surface area contributed by atoms with E-state index in [0.717, 1.165) is 18.8 Å². The number of nitrogens with two attached hydrogens (primary N) is 1. The highest BCUT2D eigenvalue weighted by molar-refractivity contribution is 5.49. The topological polar surface area (TPSA) is 29.3 Å². The van der Waals surface area contributed by atoms with Gasteiger partial charge in [-0.05, 0) is 49.3 Å². The number of benzene rings is 1. The molecular formula is C17H28N2. The van der Waals surface area contributed by atoms with Gasteiger partial charge in [0.05, 0.1) is 0 Å². The smallest absolute Gasteiger partial charge is 0.0368 e. The Bertz CT molecular complexity index is 383.